The van der Waals surface area contributed by atoms with Crippen LogP contribution in [0.5, 0.6) is 0 Å². The van der Waals surface area contributed by atoms with Crippen LogP contribution in [0.4, 0.5) is 0 Å². The van der Waals surface area contributed by atoms with E-state index in [1.807, 2.05) is 0 Å². The van der Waals surface area contributed by atoms with Gasteiger partial charge in [-0.15, -0.1) is 0 Å². The minimum Gasteiger partial charge on any atom is -0.480 e. The van der Waals surface area contributed by atoms with Crippen LogP contribution in [0.1, 0.15) is 20.7 Å². The number of carboxylic acid groups (broad SMARTS) is 1. The van der Waals surface area contributed by atoms with E-state index in [1.165, 1.54) is 0 Å². The lowest BCUT2D eigenvalue weighted by molar-refractivity contribution is -0.138. The normalized spacial score (nSPS) is 13.0. The lowest BCUT2D eigenvalue weighted by Gasteiger charge is -2.03. The second-order valence-corrected chi connectivity index (χ2v) is 2.23. The molecule has 0 aromatic carbocycles. The van der Waals surface area contributed by atoms with Gasteiger partial charge < -0.3 is 16.6 Å². The van der Waals surface area contributed by atoms with E-state index in [1.54, 1.807) is 0 Å². The van der Waals surface area contributed by atoms with Crippen LogP contribution in [0.2, 0.25) is 0 Å². The van der Waals surface area contributed by atoms with Crippen molar-refractivity contribution in [2.75, 3.05) is 6.54 Å². The summed E-state index contributed by atoms with van der Waals surface area (Å²) in [5.41, 5.74) is 10.4. The van der Waals surface area contributed by atoms with Gasteiger partial charge in [0.1, 0.15) is 6.04 Å². The summed E-state index contributed by atoms with van der Waals surface area (Å²) in [6, 6.07) is -0.716. The van der Waals surface area contributed by atoms with E-state index in [0.717, 1.165) is 12.8 Å². The zero-order valence-corrected chi connectivity index (χ0v) is 5.92. The molecular weight excluding hydrogens is 132 g/mol. The van der Waals surface area contributed by atoms with Crippen molar-refractivity contribution in [2.45, 2.75) is 25.3 Å². The molecule has 0 fully saturated rings. The Kier molecular flexibility index (Phi) is 4.88. The van der Waals surface area contributed by atoms with Crippen LogP contribution in [0.25, 0.3) is 0 Å². The summed E-state index contributed by atoms with van der Waals surface area (Å²) >= 11 is 0. The van der Waals surface area contributed by atoms with E-state index in [2.05, 4.69) is 0 Å². The number of hydrogen-bond donors (Lipinski definition) is 3. The fraction of sp³-hybridized carbons (Fsp3) is 0.833. The number of nitrogens with two attached hydrogens (primary N) is 2. The summed E-state index contributed by atoms with van der Waals surface area (Å²) in [6.45, 7) is 0.604. The number of rotatable bonds is 5. The molecule has 62 valence electrons. The molecule has 10 heavy (non-hydrogen) atoms. The smallest absolute Gasteiger partial charge is 0.320 e. The van der Waals surface area contributed by atoms with Gasteiger partial charge in [-0.2, -0.15) is 0 Å². The Morgan fingerprint density at radius 1 is 1.60 bits per heavy atom. The monoisotopic (exact) mass is 148 g/mol. The zero-order chi connectivity index (χ0) is 7.98. The number of carbonyl (C=O) groups is 1. The maximum absolute atomic E-state index is 10.1. The lowest BCUT2D eigenvalue weighted by atomic mass is 10.1. The van der Waals surface area contributed by atoms with Crippen molar-refractivity contribution < 1.29 is 11.3 Å². The molecule has 5 N–H and O–H groups in total. The molecule has 0 aromatic rings. The first-order valence-electron chi connectivity index (χ1n) is 3.37. The first-order valence-corrected chi connectivity index (χ1v) is 3.37. The molecule has 0 rings (SSSR count). The number of carboxylic acids is 1. The fourth-order valence-electron chi connectivity index (χ4n) is 0.632. The fourth-order valence-corrected chi connectivity index (χ4v) is 0.632. The van der Waals surface area contributed by atoms with Gasteiger partial charge in [-0.1, -0.05) is 6.42 Å². The quantitative estimate of drug-likeness (QED) is 0.470. The Hall–Kier alpha value is -0.610. The molecule has 0 unspecified atom stereocenters. The second-order valence-electron chi connectivity index (χ2n) is 2.23. The number of unbranched alkanes of at least 4 members (excludes halogenated alkanes) is 1. The van der Waals surface area contributed by atoms with Crippen LogP contribution in [0.3, 0.4) is 0 Å². The zero-order valence-electron chi connectivity index (χ0n) is 5.92. The molecule has 0 aromatic heterocycles. The van der Waals surface area contributed by atoms with E-state index in [0.29, 0.717) is 13.0 Å². The van der Waals surface area contributed by atoms with Crippen LogP contribution in [-0.4, -0.2) is 23.7 Å². The SMILES string of the molecule is NCCCC[C@H](N)C(=O)O.[HH]. The molecule has 0 saturated carbocycles. The van der Waals surface area contributed by atoms with E-state index in [-0.39, 0.29) is 1.43 Å². The molecular formula is C6H16N2O2. The standard InChI is InChI=1S/C6H14N2O2.H2/c7-4-2-1-3-5(8)6(9)10;/h5H,1-4,7-8H2,(H,9,10);1H/t5-;/m0./s1. The molecule has 4 heteroatoms. The molecule has 4 nitrogen and oxygen atoms in total. The van der Waals surface area contributed by atoms with Crippen LogP contribution in [0, 0.1) is 0 Å². The average molecular weight is 148 g/mol. The Bertz CT molecular complexity index is 111. The van der Waals surface area contributed by atoms with Gasteiger partial charge in [0.15, 0.2) is 0 Å². The summed E-state index contributed by atoms with van der Waals surface area (Å²) in [4.78, 5) is 10.1. The van der Waals surface area contributed by atoms with Crippen molar-refractivity contribution in [1.82, 2.24) is 0 Å². The molecule has 0 bridgehead atoms. The molecule has 1 atom stereocenters. The third-order valence-corrected chi connectivity index (χ3v) is 1.29. The summed E-state index contributed by atoms with van der Waals surface area (Å²) in [5.74, 6) is -0.933. The average Bonchev–Trinajstić information content (AvgIpc) is 1.88. The largest absolute Gasteiger partial charge is 0.480 e. The first-order chi connectivity index (χ1) is 4.68. The highest BCUT2D eigenvalue weighted by atomic mass is 16.4. The van der Waals surface area contributed by atoms with Crippen LogP contribution >= 0.6 is 0 Å². The van der Waals surface area contributed by atoms with Crippen molar-refractivity contribution >= 4 is 5.97 Å². The van der Waals surface area contributed by atoms with E-state index in [4.69, 9.17) is 16.6 Å². The summed E-state index contributed by atoms with van der Waals surface area (Å²) in [6.07, 6.45) is 2.16. The minimum absolute atomic E-state index is 0. The van der Waals surface area contributed by atoms with Crippen molar-refractivity contribution in [3.8, 4) is 0 Å². The van der Waals surface area contributed by atoms with Crippen molar-refractivity contribution in [2.24, 2.45) is 11.5 Å². The molecule has 0 radical (unpaired) electrons. The van der Waals surface area contributed by atoms with Gasteiger partial charge >= 0.3 is 5.97 Å². The number of aliphatic carboxylic acids is 1. The summed E-state index contributed by atoms with van der Waals surface area (Å²) in [7, 11) is 0. The van der Waals surface area contributed by atoms with E-state index < -0.39 is 12.0 Å². The highest BCUT2D eigenvalue weighted by Gasteiger charge is 2.09. The summed E-state index contributed by atoms with van der Waals surface area (Å²) in [5, 5.41) is 8.33. The van der Waals surface area contributed by atoms with Gasteiger partial charge in [-0.3, -0.25) is 4.79 Å². The van der Waals surface area contributed by atoms with Crippen molar-refractivity contribution in [3.63, 3.8) is 0 Å². The predicted octanol–water partition coefficient (Wildman–Crippen LogP) is -0.227. The minimum atomic E-state index is -0.933. The van der Waals surface area contributed by atoms with E-state index in [9.17, 15) is 4.79 Å². The lowest BCUT2D eigenvalue weighted by Crippen LogP contribution is -2.29. The molecule has 0 saturated heterocycles. The molecule has 0 spiro atoms. The highest BCUT2D eigenvalue weighted by Crippen LogP contribution is 1.96. The highest BCUT2D eigenvalue weighted by molar-refractivity contribution is 5.72. The first kappa shape index (κ1) is 9.39. The third kappa shape index (κ3) is 4.29. The van der Waals surface area contributed by atoms with Crippen molar-refractivity contribution in [3.05, 3.63) is 0 Å². The van der Waals surface area contributed by atoms with E-state index >= 15 is 0 Å². The Morgan fingerprint density at radius 2 is 2.20 bits per heavy atom. The number of hydrogen-bond acceptors (Lipinski definition) is 3. The Balaban J connectivity index is 0. The molecule has 0 amide bonds. The maximum Gasteiger partial charge on any atom is 0.320 e. The van der Waals surface area contributed by atoms with Gasteiger partial charge in [-0.25, -0.2) is 0 Å². The van der Waals surface area contributed by atoms with Gasteiger partial charge in [0.25, 0.3) is 0 Å². The van der Waals surface area contributed by atoms with Crippen LogP contribution in [0.15, 0.2) is 0 Å². The molecule has 0 aliphatic carbocycles. The van der Waals surface area contributed by atoms with Crippen LogP contribution < -0.4 is 11.5 Å². The maximum atomic E-state index is 10.1. The molecule has 0 aliphatic heterocycles. The Morgan fingerprint density at radius 3 is 2.60 bits per heavy atom. The third-order valence-electron chi connectivity index (χ3n) is 1.29. The van der Waals surface area contributed by atoms with Crippen LogP contribution in [-0.2, 0) is 4.79 Å². The van der Waals surface area contributed by atoms with Gasteiger partial charge in [-0.05, 0) is 19.4 Å². The topological polar surface area (TPSA) is 89.3 Å². The summed E-state index contributed by atoms with van der Waals surface area (Å²) < 4.78 is 0. The van der Waals surface area contributed by atoms with Crippen molar-refractivity contribution in [1.29, 1.82) is 0 Å². The van der Waals surface area contributed by atoms with Gasteiger partial charge in [0, 0.05) is 1.43 Å². The second kappa shape index (κ2) is 5.20. The van der Waals surface area contributed by atoms with Gasteiger partial charge in [0.05, 0.1) is 0 Å². The predicted molar refractivity (Wildman–Crippen MR) is 40.6 cm³/mol. The molecule has 0 heterocycles. The molecule has 0 aliphatic rings. The Labute approximate surface area is 61.7 Å². The van der Waals surface area contributed by atoms with Gasteiger partial charge in [0.2, 0.25) is 0 Å².